The van der Waals surface area contributed by atoms with Gasteiger partial charge in [0.2, 0.25) is 5.91 Å². The standard InChI is InChI=1S/C25H33N3O3/c1-4-31-20-14-12-19(13-15-20)27-25(30)21-9-5-6-10-23(21)28-24(29)16-26-22-11-7-8-17(2)18(22)3/h5-6,9-10,12-15,17-18,22,26H,4,7-8,11,16H2,1-3H3,(H,27,30)(H,28,29)/t17-,18+,22+/m1/s1. The van der Waals surface area contributed by atoms with Crippen molar-refractivity contribution in [2.24, 2.45) is 11.8 Å². The maximum Gasteiger partial charge on any atom is 0.257 e. The van der Waals surface area contributed by atoms with E-state index in [0.717, 1.165) is 12.2 Å². The Morgan fingerprint density at radius 1 is 1.00 bits per heavy atom. The van der Waals surface area contributed by atoms with E-state index in [-0.39, 0.29) is 18.4 Å². The van der Waals surface area contributed by atoms with Crippen LogP contribution in [0.2, 0.25) is 0 Å². The summed E-state index contributed by atoms with van der Waals surface area (Å²) in [4.78, 5) is 25.4. The first-order chi connectivity index (χ1) is 15.0. The predicted molar refractivity (Wildman–Crippen MR) is 125 cm³/mol. The molecule has 1 saturated carbocycles. The zero-order valence-corrected chi connectivity index (χ0v) is 18.6. The fourth-order valence-corrected chi connectivity index (χ4v) is 4.08. The van der Waals surface area contributed by atoms with Crippen LogP contribution >= 0.6 is 0 Å². The van der Waals surface area contributed by atoms with Gasteiger partial charge in [-0.05, 0) is 61.6 Å². The van der Waals surface area contributed by atoms with Crippen molar-refractivity contribution < 1.29 is 14.3 Å². The molecule has 2 aromatic rings. The van der Waals surface area contributed by atoms with E-state index >= 15 is 0 Å². The molecule has 0 radical (unpaired) electrons. The van der Waals surface area contributed by atoms with Crippen molar-refractivity contribution in [2.75, 3.05) is 23.8 Å². The Bertz CT molecular complexity index is 882. The summed E-state index contributed by atoms with van der Waals surface area (Å²) in [5, 5.41) is 9.16. The average molecular weight is 424 g/mol. The van der Waals surface area contributed by atoms with Crippen molar-refractivity contribution in [2.45, 2.75) is 46.1 Å². The molecule has 3 rings (SSSR count). The van der Waals surface area contributed by atoms with Gasteiger partial charge in [-0.2, -0.15) is 0 Å². The molecule has 1 aliphatic rings. The van der Waals surface area contributed by atoms with Gasteiger partial charge >= 0.3 is 0 Å². The van der Waals surface area contributed by atoms with Gasteiger partial charge in [-0.15, -0.1) is 0 Å². The van der Waals surface area contributed by atoms with E-state index in [1.165, 1.54) is 12.8 Å². The van der Waals surface area contributed by atoms with Gasteiger partial charge in [0.25, 0.3) is 5.91 Å². The van der Waals surface area contributed by atoms with Gasteiger partial charge in [0.05, 0.1) is 24.4 Å². The number of hydrogen-bond donors (Lipinski definition) is 3. The van der Waals surface area contributed by atoms with Crippen LogP contribution in [0.5, 0.6) is 5.75 Å². The minimum absolute atomic E-state index is 0.147. The highest BCUT2D eigenvalue weighted by Gasteiger charge is 2.27. The van der Waals surface area contributed by atoms with Crippen LogP contribution in [0.25, 0.3) is 0 Å². The summed E-state index contributed by atoms with van der Waals surface area (Å²) in [5.41, 5.74) is 1.59. The predicted octanol–water partition coefficient (Wildman–Crippen LogP) is 4.69. The Morgan fingerprint density at radius 2 is 1.74 bits per heavy atom. The summed E-state index contributed by atoms with van der Waals surface area (Å²) >= 11 is 0. The summed E-state index contributed by atoms with van der Waals surface area (Å²) in [6.45, 7) is 7.27. The highest BCUT2D eigenvalue weighted by atomic mass is 16.5. The van der Waals surface area contributed by atoms with Crippen molar-refractivity contribution in [3.8, 4) is 5.75 Å². The molecule has 3 atom stereocenters. The maximum atomic E-state index is 12.8. The van der Waals surface area contributed by atoms with E-state index in [0.29, 0.717) is 41.4 Å². The van der Waals surface area contributed by atoms with Crippen molar-refractivity contribution >= 4 is 23.2 Å². The van der Waals surface area contributed by atoms with Gasteiger partial charge in [-0.25, -0.2) is 0 Å². The van der Waals surface area contributed by atoms with Crippen LogP contribution in [-0.4, -0.2) is 31.0 Å². The largest absolute Gasteiger partial charge is 0.494 e. The number of amides is 2. The molecule has 3 N–H and O–H groups in total. The third kappa shape index (κ3) is 6.31. The second kappa shape index (κ2) is 11.0. The normalized spacial score (nSPS) is 20.7. The second-order valence-corrected chi connectivity index (χ2v) is 8.26. The number of carbonyl (C=O) groups is 2. The molecule has 6 nitrogen and oxygen atoms in total. The first-order valence-electron chi connectivity index (χ1n) is 11.1. The zero-order valence-electron chi connectivity index (χ0n) is 18.6. The Morgan fingerprint density at radius 3 is 2.48 bits per heavy atom. The summed E-state index contributed by atoms with van der Waals surface area (Å²) in [5.74, 6) is 1.55. The third-order valence-electron chi connectivity index (χ3n) is 6.10. The SMILES string of the molecule is CCOc1ccc(NC(=O)c2ccccc2NC(=O)CN[C@H]2CCC[C@@H](C)[C@@H]2C)cc1. The first kappa shape index (κ1) is 22.8. The van der Waals surface area contributed by atoms with Gasteiger partial charge in [0.15, 0.2) is 0 Å². The fourth-order valence-electron chi connectivity index (χ4n) is 4.08. The van der Waals surface area contributed by atoms with Gasteiger partial charge in [-0.3, -0.25) is 9.59 Å². The Balaban J connectivity index is 1.59. The Labute approximate surface area is 184 Å². The van der Waals surface area contributed by atoms with E-state index in [1.807, 2.05) is 25.1 Å². The lowest BCUT2D eigenvalue weighted by Gasteiger charge is -2.34. The van der Waals surface area contributed by atoms with E-state index in [9.17, 15) is 9.59 Å². The summed E-state index contributed by atoms with van der Waals surface area (Å²) in [6.07, 6.45) is 3.54. The molecule has 6 heteroatoms. The summed E-state index contributed by atoms with van der Waals surface area (Å²) < 4.78 is 5.43. The molecule has 0 unspecified atom stereocenters. The molecule has 2 amide bonds. The minimum Gasteiger partial charge on any atom is -0.494 e. The van der Waals surface area contributed by atoms with Crippen molar-refractivity contribution in [1.29, 1.82) is 0 Å². The van der Waals surface area contributed by atoms with Crippen LogP contribution in [0.4, 0.5) is 11.4 Å². The van der Waals surface area contributed by atoms with Crippen molar-refractivity contribution in [3.63, 3.8) is 0 Å². The smallest absolute Gasteiger partial charge is 0.257 e. The lowest BCUT2D eigenvalue weighted by Crippen LogP contribution is -2.43. The maximum absolute atomic E-state index is 12.8. The Hall–Kier alpha value is -2.86. The quantitative estimate of drug-likeness (QED) is 0.575. The number of benzene rings is 2. The molecular weight excluding hydrogens is 390 g/mol. The van der Waals surface area contributed by atoms with Gasteiger partial charge in [0, 0.05) is 11.7 Å². The number of anilines is 2. The number of hydrogen-bond acceptors (Lipinski definition) is 4. The Kier molecular flexibility index (Phi) is 8.06. The van der Waals surface area contributed by atoms with Gasteiger partial charge in [-0.1, -0.05) is 38.8 Å². The van der Waals surface area contributed by atoms with Crippen LogP contribution in [0.15, 0.2) is 48.5 Å². The molecule has 0 spiro atoms. The molecule has 166 valence electrons. The molecule has 1 fully saturated rings. The third-order valence-corrected chi connectivity index (χ3v) is 6.10. The van der Waals surface area contributed by atoms with Crippen molar-refractivity contribution in [3.05, 3.63) is 54.1 Å². The highest BCUT2D eigenvalue weighted by molar-refractivity contribution is 6.10. The number of rotatable bonds is 8. The lowest BCUT2D eigenvalue weighted by molar-refractivity contribution is -0.115. The fraction of sp³-hybridized carbons (Fsp3) is 0.440. The topological polar surface area (TPSA) is 79.5 Å². The van der Waals surface area contributed by atoms with E-state index in [1.54, 1.807) is 30.3 Å². The van der Waals surface area contributed by atoms with Crippen LogP contribution < -0.4 is 20.7 Å². The van der Waals surface area contributed by atoms with Crippen LogP contribution in [0.1, 0.15) is 50.4 Å². The number of nitrogens with one attached hydrogen (secondary N) is 3. The minimum atomic E-state index is -0.275. The molecule has 0 aromatic heterocycles. The molecule has 0 heterocycles. The molecule has 31 heavy (non-hydrogen) atoms. The highest BCUT2D eigenvalue weighted by Crippen LogP contribution is 2.29. The number of para-hydroxylation sites is 1. The summed E-state index contributed by atoms with van der Waals surface area (Å²) in [7, 11) is 0. The molecular formula is C25H33N3O3. The van der Waals surface area contributed by atoms with E-state index in [4.69, 9.17) is 4.74 Å². The number of carbonyl (C=O) groups excluding carboxylic acids is 2. The van der Waals surface area contributed by atoms with Gasteiger partial charge < -0.3 is 20.7 Å². The van der Waals surface area contributed by atoms with E-state index in [2.05, 4.69) is 29.8 Å². The average Bonchev–Trinajstić information content (AvgIpc) is 2.76. The van der Waals surface area contributed by atoms with Crippen molar-refractivity contribution in [1.82, 2.24) is 5.32 Å². The molecule has 2 aromatic carbocycles. The second-order valence-electron chi connectivity index (χ2n) is 8.26. The molecule has 1 aliphatic carbocycles. The van der Waals surface area contributed by atoms with Crippen LogP contribution in [-0.2, 0) is 4.79 Å². The zero-order chi connectivity index (χ0) is 22.2. The molecule has 0 aliphatic heterocycles. The van der Waals surface area contributed by atoms with Gasteiger partial charge in [0.1, 0.15) is 5.75 Å². The lowest BCUT2D eigenvalue weighted by atomic mass is 9.78. The molecule has 0 bridgehead atoms. The summed E-state index contributed by atoms with van der Waals surface area (Å²) in [6, 6.07) is 14.6. The van der Waals surface area contributed by atoms with Crippen LogP contribution in [0, 0.1) is 11.8 Å². The number of ether oxygens (including phenoxy) is 1. The van der Waals surface area contributed by atoms with Crippen LogP contribution in [0.3, 0.4) is 0 Å². The molecule has 0 saturated heterocycles. The van der Waals surface area contributed by atoms with E-state index < -0.39 is 0 Å². The monoisotopic (exact) mass is 423 g/mol. The first-order valence-corrected chi connectivity index (χ1v) is 11.1.